The van der Waals surface area contributed by atoms with E-state index >= 15 is 0 Å². The second-order valence-corrected chi connectivity index (χ2v) is 8.63. The summed E-state index contributed by atoms with van der Waals surface area (Å²) in [6, 6.07) is 11.1. The number of benzene rings is 2. The Morgan fingerprint density at radius 3 is 2.26 bits per heavy atom. The molecule has 3 rings (SSSR count). The summed E-state index contributed by atoms with van der Waals surface area (Å²) < 4.78 is 33.1. The van der Waals surface area contributed by atoms with E-state index in [1.165, 1.54) is 54.7 Å². The molecule has 0 aliphatic heterocycles. The molecular formula is C25H24F2N4O4. The molecule has 0 radical (unpaired) electrons. The maximum atomic E-state index is 14.5. The van der Waals surface area contributed by atoms with Gasteiger partial charge in [0, 0.05) is 23.7 Å². The number of carbonyl (C=O) groups excluding carboxylic acids is 3. The molecule has 0 saturated heterocycles. The van der Waals surface area contributed by atoms with Gasteiger partial charge in [-0.3, -0.25) is 14.9 Å². The van der Waals surface area contributed by atoms with E-state index < -0.39 is 29.0 Å². The van der Waals surface area contributed by atoms with Gasteiger partial charge in [0.2, 0.25) is 11.8 Å². The van der Waals surface area contributed by atoms with Gasteiger partial charge in [-0.2, -0.15) is 0 Å². The largest absolute Gasteiger partial charge is 0.457 e. The van der Waals surface area contributed by atoms with Crippen LogP contribution in [0.5, 0.6) is 11.5 Å². The minimum atomic E-state index is -0.918. The van der Waals surface area contributed by atoms with E-state index in [1.807, 2.05) is 0 Å². The Kier molecular flexibility index (Phi) is 7.75. The van der Waals surface area contributed by atoms with Crippen LogP contribution >= 0.6 is 0 Å². The van der Waals surface area contributed by atoms with E-state index in [2.05, 4.69) is 20.9 Å². The van der Waals surface area contributed by atoms with Crippen molar-refractivity contribution < 1.29 is 27.9 Å². The number of hydrogen-bond donors (Lipinski definition) is 3. The van der Waals surface area contributed by atoms with Crippen LogP contribution in [0.25, 0.3) is 0 Å². The third-order valence-electron chi connectivity index (χ3n) is 4.61. The topological polar surface area (TPSA) is 109 Å². The smallest absolute Gasteiger partial charge is 0.325 e. The van der Waals surface area contributed by atoms with Crippen molar-refractivity contribution in [3.8, 4) is 11.5 Å². The summed E-state index contributed by atoms with van der Waals surface area (Å²) in [7, 11) is 0. The Morgan fingerprint density at radius 2 is 1.60 bits per heavy atom. The zero-order chi connectivity index (χ0) is 25.6. The summed E-state index contributed by atoms with van der Waals surface area (Å²) in [4.78, 5) is 40.2. The predicted octanol–water partition coefficient (Wildman–Crippen LogP) is 5.03. The molecule has 0 fully saturated rings. The van der Waals surface area contributed by atoms with Crippen LogP contribution in [0.4, 0.5) is 25.1 Å². The van der Waals surface area contributed by atoms with Crippen molar-refractivity contribution in [3.05, 3.63) is 78.0 Å². The summed E-state index contributed by atoms with van der Waals surface area (Å²) in [6.45, 7) is 5.30. The van der Waals surface area contributed by atoms with Crippen molar-refractivity contribution in [3.63, 3.8) is 0 Å². The minimum absolute atomic E-state index is 0.139. The Balaban J connectivity index is 1.58. The van der Waals surface area contributed by atoms with Gasteiger partial charge in [0.1, 0.15) is 29.0 Å². The fraction of sp³-hybridized carbons (Fsp3) is 0.200. The summed E-state index contributed by atoms with van der Waals surface area (Å²) in [5, 5.41) is 7.02. The van der Waals surface area contributed by atoms with Gasteiger partial charge in [0.15, 0.2) is 0 Å². The number of rotatable bonds is 6. The molecule has 0 aliphatic carbocycles. The first-order valence-corrected chi connectivity index (χ1v) is 10.6. The highest BCUT2D eigenvalue weighted by atomic mass is 19.1. The lowest BCUT2D eigenvalue weighted by Gasteiger charge is -2.17. The molecule has 182 valence electrons. The zero-order valence-corrected chi connectivity index (χ0v) is 19.3. The average Bonchev–Trinajstić information content (AvgIpc) is 2.77. The average molecular weight is 482 g/mol. The molecule has 4 amide bonds. The van der Waals surface area contributed by atoms with Gasteiger partial charge in [0.25, 0.3) is 0 Å². The molecule has 35 heavy (non-hydrogen) atoms. The molecule has 0 unspecified atom stereocenters. The van der Waals surface area contributed by atoms with Crippen molar-refractivity contribution in [2.24, 2.45) is 5.41 Å². The normalized spacial score (nSPS) is 10.9. The molecule has 0 bridgehead atoms. The van der Waals surface area contributed by atoms with Gasteiger partial charge >= 0.3 is 6.03 Å². The Labute approximate surface area is 200 Å². The van der Waals surface area contributed by atoms with Gasteiger partial charge in [-0.1, -0.05) is 32.9 Å². The molecule has 1 heterocycles. The van der Waals surface area contributed by atoms with Gasteiger partial charge < -0.3 is 15.4 Å². The minimum Gasteiger partial charge on any atom is -0.457 e. The number of urea groups is 1. The SMILES string of the molecule is CC(C)(C)C(=O)Nc1cc(Oc2ccc(NC(=O)NC(=O)Cc3ccc(F)cc3)c(F)c2)ccn1. The van der Waals surface area contributed by atoms with Crippen LogP contribution in [0, 0.1) is 17.0 Å². The highest BCUT2D eigenvalue weighted by Gasteiger charge is 2.21. The van der Waals surface area contributed by atoms with Crippen molar-refractivity contribution in [1.29, 1.82) is 0 Å². The van der Waals surface area contributed by atoms with Crippen molar-refractivity contribution >= 4 is 29.4 Å². The van der Waals surface area contributed by atoms with Crippen LogP contribution in [-0.4, -0.2) is 22.8 Å². The summed E-state index contributed by atoms with van der Waals surface area (Å²) >= 11 is 0. The lowest BCUT2D eigenvalue weighted by Crippen LogP contribution is -2.35. The van der Waals surface area contributed by atoms with E-state index in [9.17, 15) is 23.2 Å². The molecule has 3 aromatic rings. The third-order valence-corrected chi connectivity index (χ3v) is 4.61. The first-order valence-electron chi connectivity index (χ1n) is 10.6. The maximum Gasteiger partial charge on any atom is 0.325 e. The number of imide groups is 1. The first kappa shape index (κ1) is 25.3. The number of ether oxygens (including phenoxy) is 1. The molecule has 0 atom stereocenters. The van der Waals surface area contributed by atoms with Crippen molar-refractivity contribution in [2.75, 3.05) is 10.6 Å². The number of nitrogens with zero attached hydrogens (tertiary/aromatic N) is 1. The molecule has 10 heteroatoms. The number of amides is 4. The van der Waals surface area contributed by atoms with E-state index in [0.29, 0.717) is 11.3 Å². The first-order chi connectivity index (χ1) is 16.5. The van der Waals surface area contributed by atoms with Gasteiger partial charge in [-0.15, -0.1) is 0 Å². The standard InChI is InChI=1S/C25H24F2N4O4/c1-25(2,3)23(33)30-21-14-18(10-11-28-21)35-17-8-9-20(19(27)13-17)29-24(34)31-22(32)12-15-4-6-16(26)7-5-15/h4-11,13-14H,12H2,1-3H3,(H,28,30,33)(H2,29,31,32,34). The second-order valence-electron chi connectivity index (χ2n) is 8.63. The van der Waals surface area contributed by atoms with E-state index in [1.54, 1.807) is 20.8 Å². The molecule has 0 aliphatic rings. The zero-order valence-electron chi connectivity index (χ0n) is 19.3. The van der Waals surface area contributed by atoms with Crippen molar-refractivity contribution in [1.82, 2.24) is 10.3 Å². The lowest BCUT2D eigenvalue weighted by molar-refractivity contribution is -0.123. The summed E-state index contributed by atoms with van der Waals surface area (Å²) in [5.41, 5.74) is -0.263. The Hall–Kier alpha value is -4.34. The predicted molar refractivity (Wildman–Crippen MR) is 126 cm³/mol. The van der Waals surface area contributed by atoms with Crippen LogP contribution in [-0.2, 0) is 16.0 Å². The molecule has 0 saturated carbocycles. The number of carbonyl (C=O) groups is 3. The number of halogens is 2. The fourth-order valence-corrected chi connectivity index (χ4v) is 2.76. The maximum absolute atomic E-state index is 14.5. The summed E-state index contributed by atoms with van der Waals surface area (Å²) in [6.07, 6.45) is 1.29. The molecular weight excluding hydrogens is 458 g/mol. The van der Waals surface area contributed by atoms with Gasteiger partial charge in [-0.25, -0.2) is 18.6 Å². The monoisotopic (exact) mass is 482 g/mol. The number of pyridine rings is 1. The molecule has 0 spiro atoms. The highest BCUT2D eigenvalue weighted by Crippen LogP contribution is 2.27. The van der Waals surface area contributed by atoms with Crippen LogP contribution in [0.1, 0.15) is 26.3 Å². The Bertz CT molecular complexity index is 1240. The molecule has 2 aromatic carbocycles. The Morgan fingerprint density at radius 1 is 0.914 bits per heavy atom. The second kappa shape index (κ2) is 10.7. The number of aromatic nitrogens is 1. The fourth-order valence-electron chi connectivity index (χ4n) is 2.76. The van der Waals surface area contributed by atoms with Crippen LogP contribution in [0.3, 0.4) is 0 Å². The van der Waals surface area contributed by atoms with Gasteiger partial charge in [0.05, 0.1) is 12.1 Å². The van der Waals surface area contributed by atoms with Gasteiger partial charge in [-0.05, 0) is 35.9 Å². The number of anilines is 2. The van der Waals surface area contributed by atoms with E-state index in [-0.39, 0.29) is 29.6 Å². The van der Waals surface area contributed by atoms with Crippen LogP contribution in [0.15, 0.2) is 60.8 Å². The molecule has 1 aromatic heterocycles. The van der Waals surface area contributed by atoms with Crippen LogP contribution < -0.4 is 20.7 Å². The number of nitrogens with one attached hydrogen (secondary N) is 3. The molecule has 8 nitrogen and oxygen atoms in total. The van der Waals surface area contributed by atoms with E-state index in [4.69, 9.17) is 4.74 Å². The lowest BCUT2D eigenvalue weighted by atomic mass is 9.96. The van der Waals surface area contributed by atoms with E-state index in [0.717, 1.165) is 6.07 Å². The quantitative estimate of drug-likeness (QED) is 0.457. The molecule has 3 N–H and O–H groups in total. The summed E-state index contributed by atoms with van der Waals surface area (Å²) in [5.74, 6) is -1.36. The van der Waals surface area contributed by atoms with Crippen molar-refractivity contribution in [2.45, 2.75) is 27.2 Å². The van der Waals surface area contributed by atoms with Crippen LogP contribution in [0.2, 0.25) is 0 Å². The highest BCUT2D eigenvalue weighted by molar-refractivity contribution is 6.01. The number of hydrogen-bond acceptors (Lipinski definition) is 5. The third kappa shape index (κ3) is 7.60.